The van der Waals surface area contributed by atoms with Gasteiger partial charge in [0.2, 0.25) is 23.6 Å². The lowest BCUT2D eigenvalue weighted by Crippen LogP contribution is -2.56. The van der Waals surface area contributed by atoms with Crippen LogP contribution in [0, 0.1) is 0 Å². The molecule has 11 nitrogen and oxygen atoms in total. The molecule has 38 heavy (non-hydrogen) atoms. The first kappa shape index (κ1) is 28.6. The molecule has 0 saturated carbocycles. The number of phenolic OH excluding ortho intramolecular Hbond substituents is 1. The maximum atomic E-state index is 13.5. The molecule has 11 heteroatoms. The van der Waals surface area contributed by atoms with Crippen molar-refractivity contribution < 1.29 is 29.0 Å². The number of nitrogens with one attached hydrogen (secondary N) is 3. The summed E-state index contributed by atoms with van der Waals surface area (Å²) in [6.07, 6.45) is 1.76. The van der Waals surface area contributed by atoms with E-state index in [2.05, 4.69) is 16.0 Å². The third-order valence-electron chi connectivity index (χ3n) is 6.10. The number of likely N-dealkylation sites (tertiary alicyclic amines) is 1. The fraction of sp³-hybridized carbons (Fsp3) is 0.407. The largest absolute Gasteiger partial charge is 0.508 e. The van der Waals surface area contributed by atoms with Crippen molar-refractivity contribution in [1.29, 1.82) is 0 Å². The molecule has 0 radical (unpaired) electrons. The van der Waals surface area contributed by atoms with Crippen molar-refractivity contribution in [2.24, 2.45) is 5.73 Å². The predicted octanol–water partition coefficient (Wildman–Crippen LogP) is -0.182. The van der Waals surface area contributed by atoms with E-state index in [9.17, 15) is 24.3 Å². The number of nitrogens with two attached hydrogens (primary N) is 1. The van der Waals surface area contributed by atoms with E-state index in [1.807, 2.05) is 30.3 Å². The number of rotatable bonds is 14. The van der Waals surface area contributed by atoms with Crippen LogP contribution >= 0.6 is 0 Å². The molecule has 1 aliphatic rings. The topological polar surface area (TPSA) is 163 Å². The highest BCUT2D eigenvalue weighted by atomic mass is 16.5. The van der Waals surface area contributed by atoms with Crippen LogP contribution in [0.25, 0.3) is 0 Å². The van der Waals surface area contributed by atoms with Crippen LogP contribution in [-0.4, -0.2) is 78.5 Å². The average Bonchev–Trinajstić information content (AvgIpc) is 3.39. The Labute approximate surface area is 221 Å². The third-order valence-corrected chi connectivity index (χ3v) is 6.10. The molecule has 0 aromatic heterocycles. The van der Waals surface area contributed by atoms with E-state index in [0.717, 1.165) is 11.1 Å². The summed E-state index contributed by atoms with van der Waals surface area (Å²) in [5, 5.41) is 17.6. The van der Waals surface area contributed by atoms with E-state index in [-0.39, 0.29) is 38.0 Å². The summed E-state index contributed by atoms with van der Waals surface area (Å²) in [6.45, 7) is 0.568. The fourth-order valence-electron chi connectivity index (χ4n) is 4.20. The summed E-state index contributed by atoms with van der Waals surface area (Å²) in [5.74, 6) is -1.59. The van der Waals surface area contributed by atoms with Gasteiger partial charge >= 0.3 is 0 Å². The van der Waals surface area contributed by atoms with E-state index < -0.39 is 29.8 Å². The Morgan fingerprint density at radius 2 is 1.76 bits per heavy atom. The average molecular weight is 526 g/mol. The van der Waals surface area contributed by atoms with E-state index in [1.54, 1.807) is 24.3 Å². The van der Waals surface area contributed by atoms with E-state index >= 15 is 0 Å². The van der Waals surface area contributed by atoms with Crippen molar-refractivity contribution in [2.75, 3.05) is 32.8 Å². The maximum absolute atomic E-state index is 13.5. The molecule has 0 aliphatic carbocycles. The van der Waals surface area contributed by atoms with Gasteiger partial charge in [-0.2, -0.15) is 0 Å². The Hall–Kier alpha value is -3.96. The van der Waals surface area contributed by atoms with Crippen molar-refractivity contribution in [3.63, 3.8) is 0 Å². The molecule has 2 atom stereocenters. The highest BCUT2D eigenvalue weighted by Gasteiger charge is 2.37. The van der Waals surface area contributed by atoms with Gasteiger partial charge in [-0.1, -0.05) is 42.5 Å². The second kappa shape index (κ2) is 14.7. The Balaban J connectivity index is 1.58. The highest BCUT2D eigenvalue weighted by Crippen LogP contribution is 2.19. The van der Waals surface area contributed by atoms with Gasteiger partial charge in [0.05, 0.1) is 26.3 Å². The first-order valence-electron chi connectivity index (χ1n) is 12.6. The van der Waals surface area contributed by atoms with Crippen LogP contribution in [0.5, 0.6) is 5.75 Å². The van der Waals surface area contributed by atoms with Gasteiger partial charge in [-0.25, -0.2) is 0 Å². The van der Waals surface area contributed by atoms with Crippen LogP contribution in [0.2, 0.25) is 0 Å². The van der Waals surface area contributed by atoms with Crippen molar-refractivity contribution in [3.05, 3.63) is 65.7 Å². The number of benzene rings is 2. The van der Waals surface area contributed by atoms with E-state index in [1.165, 1.54) is 4.90 Å². The zero-order valence-corrected chi connectivity index (χ0v) is 21.2. The number of aromatic hydroxyl groups is 1. The van der Waals surface area contributed by atoms with Crippen molar-refractivity contribution >= 4 is 23.6 Å². The molecule has 204 valence electrons. The molecular weight excluding hydrogens is 490 g/mol. The van der Waals surface area contributed by atoms with Gasteiger partial charge in [0, 0.05) is 13.1 Å². The Morgan fingerprint density at radius 1 is 1.03 bits per heavy atom. The minimum absolute atomic E-state index is 0.0824. The number of phenols is 1. The molecule has 0 unspecified atom stereocenters. The van der Waals surface area contributed by atoms with Gasteiger partial charge < -0.3 is 31.1 Å². The molecule has 1 aliphatic heterocycles. The van der Waals surface area contributed by atoms with Gasteiger partial charge in [0.25, 0.3) is 0 Å². The van der Waals surface area contributed by atoms with Crippen LogP contribution < -0.4 is 21.7 Å². The first-order valence-corrected chi connectivity index (χ1v) is 12.6. The summed E-state index contributed by atoms with van der Waals surface area (Å²) in [6, 6.07) is 14.5. The zero-order valence-electron chi connectivity index (χ0n) is 21.2. The summed E-state index contributed by atoms with van der Waals surface area (Å²) in [4.78, 5) is 51.3. The lowest BCUT2D eigenvalue weighted by atomic mass is 10.1. The zero-order chi connectivity index (χ0) is 27.3. The Bertz CT molecular complexity index is 1080. The van der Waals surface area contributed by atoms with Crippen LogP contribution in [0.3, 0.4) is 0 Å². The van der Waals surface area contributed by atoms with Gasteiger partial charge in [0.1, 0.15) is 17.8 Å². The smallest absolute Gasteiger partial charge is 0.248 e. The second-order valence-corrected chi connectivity index (χ2v) is 9.09. The molecule has 6 N–H and O–H groups in total. The molecule has 2 aromatic rings. The number of hydrogen-bond acceptors (Lipinski definition) is 7. The fourth-order valence-corrected chi connectivity index (χ4v) is 4.20. The van der Waals surface area contributed by atoms with Gasteiger partial charge in [-0.3, -0.25) is 24.5 Å². The van der Waals surface area contributed by atoms with E-state index in [4.69, 9.17) is 10.5 Å². The quantitative estimate of drug-likeness (QED) is 0.228. The number of primary amides is 1. The van der Waals surface area contributed by atoms with Gasteiger partial charge in [-0.05, 0) is 42.5 Å². The molecule has 1 saturated heterocycles. The molecule has 0 bridgehead atoms. The molecule has 1 fully saturated rings. The predicted molar refractivity (Wildman–Crippen MR) is 140 cm³/mol. The summed E-state index contributed by atoms with van der Waals surface area (Å²) in [5.41, 5.74) is 6.97. The minimum Gasteiger partial charge on any atom is -0.508 e. The normalized spacial score (nSPS) is 15.6. The van der Waals surface area contributed by atoms with Crippen molar-refractivity contribution in [2.45, 2.75) is 38.0 Å². The van der Waals surface area contributed by atoms with Crippen LogP contribution in [0.1, 0.15) is 24.0 Å². The minimum atomic E-state index is -1.01. The number of amides is 4. The summed E-state index contributed by atoms with van der Waals surface area (Å²) >= 11 is 0. The van der Waals surface area contributed by atoms with Crippen molar-refractivity contribution in [1.82, 2.24) is 20.9 Å². The van der Waals surface area contributed by atoms with Gasteiger partial charge in [-0.15, -0.1) is 0 Å². The van der Waals surface area contributed by atoms with Crippen LogP contribution in [0.4, 0.5) is 0 Å². The summed E-state index contributed by atoms with van der Waals surface area (Å²) < 4.78 is 5.75. The maximum Gasteiger partial charge on any atom is 0.248 e. The molecular formula is C27H35N5O6. The second-order valence-electron chi connectivity index (χ2n) is 9.09. The molecule has 2 aromatic carbocycles. The van der Waals surface area contributed by atoms with Crippen LogP contribution in [-0.2, 0) is 36.9 Å². The first-order chi connectivity index (χ1) is 18.3. The van der Waals surface area contributed by atoms with Crippen LogP contribution in [0.15, 0.2) is 54.6 Å². The standard InChI is InChI=1S/C27H35N5O6/c28-24(34)15-29-16-25(35)31-22(18-38-17-20-5-2-1-3-6-20)27(37)32-14-4-7-23(32)26(36)30-13-12-19-8-10-21(33)11-9-19/h1-3,5-6,8-11,22-23,29,33H,4,7,12-18H2,(H2,28,34)(H,30,36)(H,31,35)/t22-,23-/m0/s1. The van der Waals surface area contributed by atoms with Gasteiger partial charge in [0.15, 0.2) is 0 Å². The lowest BCUT2D eigenvalue weighted by Gasteiger charge is -2.28. The molecule has 4 amide bonds. The van der Waals surface area contributed by atoms with Crippen molar-refractivity contribution in [3.8, 4) is 5.75 Å². The van der Waals surface area contributed by atoms with E-state index in [0.29, 0.717) is 32.4 Å². The Morgan fingerprint density at radius 3 is 2.47 bits per heavy atom. The third kappa shape index (κ3) is 9.16. The number of carbonyl (C=O) groups is 4. The number of ether oxygens (including phenoxy) is 1. The monoisotopic (exact) mass is 525 g/mol. The number of carbonyl (C=O) groups excluding carboxylic acids is 4. The molecule has 3 rings (SSSR count). The molecule has 0 spiro atoms. The Kier molecular flexibility index (Phi) is 11.1. The number of nitrogens with zero attached hydrogens (tertiary/aromatic N) is 1. The number of hydrogen-bond donors (Lipinski definition) is 5. The SMILES string of the molecule is NC(=O)CNCC(=O)N[C@@H](COCc1ccccc1)C(=O)N1CCC[C@H]1C(=O)NCCc1ccc(O)cc1. The molecule has 1 heterocycles. The lowest BCUT2D eigenvalue weighted by molar-refractivity contribution is -0.142. The summed E-state index contributed by atoms with van der Waals surface area (Å²) in [7, 11) is 0. The highest BCUT2D eigenvalue weighted by molar-refractivity contribution is 5.93.